The largest absolute Gasteiger partial charge is 0.352 e. The maximum atomic E-state index is 12.4. The fourth-order valence-corrected chi connectivity index (χ4v) is 2.96. The van der Waals surface area contributed by atoms with Gasteiger partial charge in [0.1, 0.15) is 11.9 Å². The number of piperazine rings is 1. The summed E-state index contributed by atoms with van der Waals surface area (Å²) in [5.41, 5.74) is 1.78. The summed E-state index contributed by atoms with van der Waals surface area (Å²) in [6.07, 6.45) is 3.02. The quantitative estimate of drug-likeness (QED) is 0.867. The highest BCUT2D eigenvalue weighted by molar-refractivity contribution is 5.76. The van der Waals surface area contributed by atoms with Gasteiger partial charge in [-0.1, -0.05) is 30.3 Å². The number of pyridine rings is 1. The lowest BCUT2D eigenvalue weighted by molar-refractivity contribution is -0.131. The van der Waals surface area contributed by atoms with Gasteiger partial charge in [-0.3, -0.25) is 4.79 Å². The summed E-state index contributed by atoms with van der Waals surface area (Å²) in [7, 11) is 0. The van der Waals surface area contributed by atoms with E-state index in [1.165, 1.54) is 5.56 Å². The van der Waals surface area contributed by atoms with E-state index >= 15 is 0 Å². The van der Waals surface area contributed by atoms with E-state index in [1.807, 2.05) is 23.1 Å². The zero-order valence-corrected chi connectivity index (χ0v) is 13.6. The first-order valence-corrected chi connectivity index (χ1v) is 8.19. The summed E-state index contributed by atoms with van der Waals surface area (Å²) >= 11 is 0. The van der Waals surface area contributed by atoms with Crippen LogP contribution in [0.15, 0.2) is 48.7 Å². The van der Waals surface area contributed by atoms with Crippen molar-refractivity contribution in [3.8, 4) is 6.07 Å². The highest BCUT2D eigenvalue weighted by Crippen LogP contribution is 2.18. The van der Waals surface area contributed by atoms with Crippen molar-refractivity contribution < 1.29 is 4.79 Å². The number of hydrogen-bond acceptors (Lipinski definition) is 4. The molecule has 3 rings (SSSR count). The van der Waals surface area contributed by atoms with Crippen LogP contribution in [0.4, 0.5) is 5.82 Å². The Morgan fingerprint density at radius 2 is 1.83 bits per heavy atom. The summed E-state index contributed by atoms with van der Waals surface area (Å²) in [5, 5.41) is 9.19. The third-order valence-corrected chi connectivity index (χ3v) is 4.31. The normalized spacial score (nSPS) is 14.3. The van der Waals surface area contributed by atoms with Gasteiger partial charge in [0.15, 0.2) is 0 Å². The molecule has 2 aromatic rings. The van der Waals surface area contributed by atoms with Crippen LogP contribution >= 0.6 is 0 Å². The van der Waals surface area contributed by atoms with Crippen LogP contribution < -0.4 is 4.90 Å². The van der Waals surface area contributed by atoms with Crippen LogP contribution in [0.3, 0.4) is 0 Å². The number of anilines is 1. The molecule has 0 N–H and O–H groups in total. The van der Waals surface area contributed by atoms with Crippen molar-refractivity contribution in [2.45, 2.75) is 12.8 Å². The van der Waals surface area contributed by atoms with Crippen LogP contribution in [0, 0.1) is 11.3 Å². The van der Waals surface area contributed by atoms with E-state index in [9.17, 15) is 10.1 Å². The molecular weight excluding hydrogens is 300 g/mol. The fourth-order valence-electron chi connectivity index (χ4n) is 2.96. The van der Waals surface area contributed by atoms with E-state index in [2.05, 4.69) is 28.1 Å². The molecule has 0 atom stereocenters. The molecule has 5 nitrogen and oxygen atoms in total. The molecule has 0 aliphatic carbocycles. The van der Waals surface area contributed by atoms with Crippen molar-refractivity contribution in [3.05, 3.63) is 59.8 Å². The topological polar surface area (TPSA) is 60.2 Å². The highest BCUT2D eigenvalue weighted by Gasteiger charge is 2.22. The van der Waals surface area contributed by atoms with Gasteiger partial charge >= 0.3 is 0 Å². The molecule has 122 valence electrons. The number of carbonyl (C=O) groups is 1. The number of rotatable bonds is 4. The number of nitrogens with zero attached hydrogens (tertiary/aromatic N) is 4. The van der Waals surface area contributed by atoms with Crippen molar-refractivity contribution in [2.24, 2.45) is 0 Å². The van der Waals surface area contributed by atoms with Gasteiger partial charge in [-0.2, -0.15) is 5.26 Å². The summed E-state index contributed by atoms with van der Waals surface area (Å²) in [5.74, 6) is 0.913. The molecule has 0 radical (unpaired) electrons. The van der Waals surface area contributed by atoms with Crippen LogP contribution in [-0.2, 0) is 11.2 Å². The number of nitriles is 1. The average Bonchev–Trinajstić information content (AvgIpc) is 2.67. The molecule has 1 aromatic carbocycles. The van der Waals surface area contributed by atoms with Crippen molar-refractivity contribution in [2.75, 3.05) is 31.1 Å². The van der Waals surface area contributed by atoms with E-state index in [-0.39, 0.29) is 5.91 Å². The molecule has 1 amide bonds. The Labute approximate surface area is 142 Å². The Kier molecular flexibility index (Phi) is 5.07. The second kappa shape index (κ2) is 7.60. The van der Waals surface area contributed by atoms with Gasteiger partial charge in [0.2, 0.25) is 5.91 Å². The van der Waals surface area contributed by atoms with Crippen LogP contribution in [0.1, 0.15) is 17.5 Å². The second-order valence-electron chi connectivity index (χ2n) is 5.84. The zero-order valence-electron chi connectivity index (χ0n) is 13.6. The number of carbonyl (C=O) groups excluding carboxylic acids is 1. The van der Waals surface area contributed by atoms with E-state index in [4.69, 9.17) is 0 Å². The fraction of sp³-hybridized carbons (Fsp3) is 0.316. The van der Waals surface area contributed by atoms with Gasteiger partial charge in [0.05, 0.1) is 5.56 Å². The van der Waals surface area contributed by atoms with E-state index in [1.54, 1.807) is 18.3 Å². The molecule has 0 bridgehead atoms. The lowest BCUT2D eigenvalue weighted by atomic mass is 10.1. The predicted molar refractivity (Wildman–Crippen MR) is 92.5 cm³/mol. The van der Waals surface area contributed by atoms with Gasteiger partial charge in [0, 0.05) is 38.8 Å². The monoisotopic (exact) mass is 320 g/mol. The van der Waals surface area contributed by atoms with Crippen LogP contribution in [-0.4, -0.2) is 42.0 Å². The summed E-state index contributed by atoms with van der Waals surface area (Å²) < 4.78 is 0. The summed E-state index contributed by atoms with van der Waals surface area (Å²) in [4.78, 5) is 20.7. The third-order valence-electron chi connectivity index (χ3n) is 4.31. The maximum absolute atomic E-state index is 12.4. The molecule has 0 unspecified atom stereocenters. The lowest BCUT2D eigenvalue weighted by Gasteiger charge is -2.35. The number of amides is 1. The minimum atomic E-state index is 0.194. The van der Waals surface area contributed by atoms with E-state index in [0.29, 0.717) is 38.2 Å². The molecule has 0 spiro atoms. The SMILES string of the molecule is N#Cc1cccnc1N1CCN(C(=O)CCc2ccccc2)CC1. The number of aromatic nitrogens is 1. The molecule has 0 saturated carbocycles. The van der Waals surface area contributed by atoms with Crippen molar-refractivity contribution >= 4 is 11.7 Å². The molecule has 2 heterocycles. The minimum absolute atomic E-state index is 0.194. The Hall–Kier alpha value is -2.87. The first kappa shape index (κ1) is 16.0. The number of benzene rings is 1. The van der Waals surface area contributed by atoms with Gasteiger partial charge in [-0.15, -0.1) is 0 Å². The van der Waals surface area contributed by atoms with Gasteiger partial charge < -0.3 is 9.80 Å². The van der Waals surface area contributed by atoms with Gasteiger partial charge in [0.25, 0.3) is 0 Å². The van der Waals surface area contributed by atoms with Crippen molar-refractivity contribution in [3.63, 3.8) is 0 Å². The van der Waals surface area contributed by atoms with Crippen molar-refractivity contribution in [1.82, 2.24) is 9.88 Å². The van der Waals surface area contributed by atoms with E-state index in [0.717, 1.165) is 12.2 Å². The van der Waals surface area contributed by atoms with Crippen molar-refractivity contribution in [1.29, 1.82) is 5.26 Å². The molecule has 24 heavy (non-hydrogen) atoms. The first-order chi connectivity index (χ1) is 11.8. The Morgan fingerprint density at radius 1 is 1.08 bits per heavy atom. The molecule has 1 saturated heterocycles. The zero-order chi connectivity index (χ0) is 16.8. The first-order valence-electron chi connectivity index (χ1n) is 8.19. The molecule has 1 aliphatic heterocycles. The minimum Gasteiger partial charge on any atom is -0.352 e. The number of aryl methyl sites for hydroxylation is 1. The van der Waals surface area contributed by atoms with Gasteiger partial charge in [-0.05, 0) is 24.1 Å². The third kappa shape index (κ3) is 3.72. The lowest BCUT2D eigenvalue weighted by Crippen LogP contribution is -2.49. The number of hydrogen-bond donors (Lipinski definition) is 0. The standard InChI is InChI=1S/C19H20N4O/c20-15-17-7-4-10-21-19(17)23-13-11-22(12-14-23)18(24)9-8-16-5-2-1-3-6-16/h1-7,10H,8-9,11-14H2. The summed E-state index contributed by atoms with van der Waals surface area (Å²) in [6, 6.07) is 15.8. The molecule has 1 aliphatic rings. The predicted octanol–water partition coefficient (Wildman–Crippen LogP) is 2.23. The van der Waals surface area contributed by atoms with Crippen LogP contribution in [0.5, 0.6) is 0 Å². The highest BCUT2D eigenvalue weighted by atomic mass is 16.2. The molecule has 5 heteroatoms. The van der Waals surface area contributed by atoms with Crippen LogP contribution in [0.25, 0.3) is 0 Å². The molecular formula is C19H20N4O. The Bertz CT molecular complexity index is 731. The van der Waals surface area contributed by atoms with E-state index < -0.39 is 0 Å². The van der Waals surface area contributed by atoms with Crippen LogP contribution in [0.2, 0.25) is 0 Å². The maximum Gasteiger partial charge on any atom is 0.223 e. The Morgan fingerprint density at radius 3 is 2.54 bits per heavy atom. The molecule has 1 fully saturated rings. The smallest absolute Gasteiger partial charge is 0.223 e. The summed E-state index contributed by atoms with van der Waals surface area (Å²) in [6.45, 7) is 2.77. The average molecular weight is 320 g/mol. The Balaban J connectivity index is 1.53. The van der Waals surface area contributed by atoms with Gasteiger partial charge in [-0.25, -0.2) is 4.98 Å². The molecule has 1 aromatic heterocycles. The second-order valence-corrected chi connectivity index (χ2v) is 5.84.